The monoisotopic (exact) mass is 501 g/mol. The van der Waals surface area contributed by atoms with Gasteiger partial charge in [0.1, 0.15) is 11.6 Å². The molecule has 0 spiro atoms. The number of esters is 1. The molecule has 7 heteroatoms. The molecule has 1 aliphatic heterocycles. The molecule has 1 heterocycles. The summed E-state index contributed by atoms with van der Waals surface area (Å²) in [4.78, 5) is 14.0. The first-order chi connectivity index (χ1) is 17.3. The fourth-order valence-corrected chi connectivity index (χ4v) is 4.70. The minimum Gasteiger partial charge on any atom is -0.463 e. The number of carbonyl (C=O) groups is 1. The Bertz CT molecular complexity index is 1040. The van der Waals surface area contributed by atoms with E-state index in [1.165, 1.54) is 18.2 Å². The number of aliphatic hydroxyl groups excluding tert-OH is 1. The topological polar surface area (TPSA) is 59.0 Å². The Morgan fingerprint density at radius 2 is 2.03 bits per heavy atom. The van der Waals surface area contributed by atoms with Gasteiger partial charge in [0.25, 0.3) is 0 Å². The van der Waals surface area contributed by atoms with Gasteiger partial charge in [-0.05, 0) is 92.6 Å². The summed E-state index contributed by atoms with van der Waals surface area (Å²) in [7, 11) is 0. The number of hydrogen-bond donors (Lipinski definition) is 1. The summed E-state index contributed by atoms with van der Waals surface area (Å²) in [6.07, 6.45) is 5.09. The molecule has 3 atom stereocenters. The number of halogens is 2. The van der Waals surface area contributed by atoms with Gasteiger partial charge in [-0.25, -0.2) is 13.6 Å². The van der Waals surface area contributed by atoms with Crippen molar-refractivity contribution in [2.24, 2.45) is 0 Å². The van der Waals surface area contributed by atoms with Crippen LogP contribution in [-0.2, 0) is 20.7 Å². The average molecular weight is 502 g/mol. The second-order valence-electron chi connectivity index (χ2n) is 9.32. The van der Waals surface area contributed by atoms with Gasteiger partial charge in [-0.15, -0.1) is 0 Å². The fourth-order valence-electron chi connectivity index (χ4n) is 4.70. The van der Waals surface area contributed by atoms with E-state index in [0.717, 1.165) is 31.4 Å². The van der Waals surface area contributed by atoms with Crippen molar-refractivity contribution in [2.45, 2.75) is 64.7 Å². The fraction of sp³-hybridized carbons (Fsp3) is 0.483. The number of likely N-dealkylation sites (tertiary alicyclic amines) is 1. The number of rotatable bonds is 12. The maximum absolute atomic E-state index is 14.1. The van der Waals surface area contributed by atoms with Crippen LogP contribution >= 0.6 is 0 Å². The lowest BCUT2D eigenvalue weighted by Gasteiger charge is -2.28. The van der Waals surface area contributed by atoms with Crippen molar-refractivity contribution in [3.63, 3.8) is 0 Å². The molecule has 1 saturated heterocycles. The molecule has 0 aromatic heterocycles. The van der Waals surface area contributed by atoms with Crippen LogP contribution in [0.3, 0.4) is 0 Å². The highest BCUT2D eigenvalue weighted by molar-refractivity contribution is 5.87. The molecule has 1 aliphatic rings. The minimum atomic E-state index is -0.721. The van der Waals surface area contributed by atoms with Gasteiger partial charge in [-0.1, -0.05) is 25.1 Å². The van der Waals surface area contributed by atoms with Gasteiger partial charge < -0.3 is 14.6 Å². The van der Waals surface area contributed by atoms with Crippen molar-refractivity contribution in [3.05, 3.63) is 76.4 Å². The van der Waals surface area contributed by atoms with E-state index in [9.17, 15) is 18.7 Å². The van der Waals surface area contributed by atoms with E-state index in [0.29, 0.717) is 29.7 Å². The Balaban J connectivity index is 1.60. The maximum atomic E-state index is 14.1. The van der Waals surface area contributed by atoms with E-state index >= 15 is 0 Å². The highest BCUT2D eigenvalue weighted by Gasteiger charge is 2.27. The van der Waals surface area contributed by atoms with Crippen LogP contribution in [0.2, 0.25) is 0 Å². The van der Waals surface area contributed by atoms with Crippen molar-refractivity contribution < 1.29 is 28.2 Å². The summed E-state index contributed by atoms with van der Waals surface area (Å²) in [6, 6.07) is 9.96. The predicted molar refractivity (Wildman–Crippen MR) is 136 cm³/mol. The van der Waals surface area contributed by atoms with Gasteiger partial charge in [0, 0.05) is 18.7 Å². The standard InChI is InChI=1S/C29H37F2NO4/c1-4-28(26-17-23(30)12-10-22(26)11-13-29(34)35-5-2)36-19-25(33)18-32-14-6-7-24(32)15-21-9-8-20(3)27(31)16-21/h8-13,16-17,24-25,28,33H,4-7,14-15,18-19H2,1-3H3/b13-11+/t24-,25+,28+/m0/s1. The Kier molecular flexibility index (Phi) is 10.6. The van der Waals surface area contributed by atoms with E-state index in [1.54, 1.807) is 38.1 Å². The normalized spacial score (nSPS) is 18.0. The van der Waals surface area contributed by atoms with Crippen LogP contribution in [0.5, 0.6) is 0 Å². The Morgan fingerprint density at radius 3 is 2.75 bits per heavy atom. The van der Waals surface area contributed by atoms with E-state index in [4.69, 9.17) is 9.47 Å². The van der Waals surface area contributed by atoms with Crippen molar-refractivity contribution in [2.75, 3.05) is 26.3 Å². The number of nitrogens with zero attached hydrogens (tertiary/aromatic N) is 1. The summed E-state index contributed by atoms with van der Waals surface area (Å²) in [5.74, 6) is -1.05. The molecular weight excluding hydrogens is 464 g/mol. The molecule has 1 N–H and O–H groups in total. The molecule has 0 saturated carbocycles. The first-order valence-electron chi connectivity index (χ1n) is 12.7. The third-order valence-electron chi connectivity index (χ3n) is 6.59. The third kappa shape index (κ3) is 7.95. The summed E-state index contributed by atoms with van der Waals surface area (Å²) in [5, 5.41) is 10.7. The molecule has 0 radical (unpaired) electrons. The van der Waals surface area contributed by atoms with Crippen LogP contribution in [0, 0.1) is 18.6 Å². The van der Waals surface area contributed by atoms with Gasteiger partial charge >= 0.3 is 5.97 Å². The number of β-amino-alcohol motifs (C(OH)–C–C–N with tert-alkyl or cyclic N) is 1. The van der Waals surface area contributed by atoms with E-state index < -0.39 is 24.0 Å². The molecule has 36 heavy (non-hydrogen) atoms. The van der Waals surface area contributed by atoms with Crippen LogP contribution in [0.15, 0.2) is 42.5 Å². The smallest absolute Gasteiger partial charge is 0.330 e. The van der Waals surface area contributed by atoms with Crippen LogP contribution in [0.25, 0.3) is 6.08 Å². The lowest BCUT2D eigenvalue weighted by molar-refractivity contribution is -0.137. The molecule has 5 nitrogen and oxygen atoms in total. The zero-order valence-electron chi connectivity index (χ0n) is 21.4. The molecule has 0 unspecified atom stereocenters. The lowest BCUT2D eigenvalue weighted by atomic mass is 9.99. The van der Waals surface area contributed by atoms with Crippen LogP contribution in [-0.4, -0.2) is 54.4 Å². The quantitative estimate of drug-likeness (QED) is 0.312. The second kappa shape index (κ2) is 13.6. The molecule has 1 fully saturated rings. The van der Waals surface area contributed by atoms with Gasteiger partial charge in [0.05, 0.1) is 25.4 Å². The van der Waals surface area contributed by atoms with Gasteiger partial charge in [-0.2, -0.15) is 0 Å². The van der Waals surface area contributed by atoms with Crippen LogP contribution in [0.1, 0.15) is 61.5 Å². The Hall–Kier alpha value is -2.61. The van der Waals surface area contributed by atoms with Crippen molar-refractivity contribution >= 4 is 12.0 Å². The van der Waals surface area contributed by atoms with Gasteiger partial charge in [-0.3, -0.25) is 4.90 Å². The van der Waals surface area contributed by atoms with Crippen molar-refractivity contribution in [1.29, 1.82) is 0 Å². The van der Waals surface area contributed by atoms with Gasteiger partial charge in [0.2, 0.25) is 0 Å². The molecule has 2 aromatic rings. The zero-order chi connectivity index (χ0) is 26.1. The summed E-state index contributed by atoms with van der Waals surface area (Å²) >= 11 is 0. The largest absolute Gasteiger partial charge is 0.463 e. The molecule has 3 rings (SSSR count). The number of carbonyl (C=O) groups excluding carboxylic acids is 1. The first kappa shape index (κ1) is 28.0. The van der Waals surface area contributed by atoms with Crippen molar-refractivity contribution in [1.82, 2.24) is 4.90 Å². The van der Waals surface area contributed by atoms with Crippen molar-refractivity contribution in [3.8, 4) is 0 Å². The summed E-state index contributed by atoms with van der Waals surface area (Å²) < 4.78 is 39.0. The molecule has 196 valence electrons. The molecule has 0 amide bonds. The van der Waals surface area contributed by atoms with Crippen LogP contribution in [0.4, 0.5) is 8.78 Å². The number of benzene rings is 2. The third-order valence-corrected chi connectivity index (χ3v) is 6.59. The highest BCUT2D eigenvalue weighted by Crippen LogP contribution is 2.28. The zero-order valence-corrected chi connectivity index (χ0v) is 21.4. The number of hydrogen-bond acceptors (Lipinski definition) is 5. The number of aryl methyl sites for hydroxylation is 1. The molecule has 0 aliphatic carbocycles. The number of ether oxygens (including phenoxy) is 2. The SMILES string of the molecule is CCOC(=O)/C=C/c1ccc(F)cc1[C@@H](CC)OC[C@H](O)CN1CCC[C@H]1Cc1ccc(C)c(F)c1. The summed E-state index contributed by atoms with van der Waals surface area (Å²) in [6.45, 7) is 7.11. The predicted octanol–water partition coefficient (Wildman–Crippen LogP) is 5.39. The molecule has 2 aromatic carbocycles. The van der Waals surface area contributed by atoms with E-state index in [2.05, 4.69) is 4.90 Å². The van der Waals surface area contributed by atoms with Gasteiger partial charge in [0.15, 0.2) is 0 Å². The second-order valence-corrected chi connectivity index (χ2v) is 9.32. The molecule has 0 bridgehead atoms. The van der Waals surface area contributed by atoms with E-state index in [-0.39, 0.29) is 25.1 Å². The highest BCUT2D eigenvalue weighted by atomic mass is 19.1. The Labute approximate surface area is 212 Å². The first-order valence-corrected chi connectivity index (χ1v) is 12.7. The lowest BCUT2D eigenvalue weighted by Crippen LogP contribution is -2.39. The minimum absolute atomic E-state index is 0.0957. The maximum Gasteiger partial charge on any atom is 0.330 e. The number of aliphatic hydroxyl groups is 1. The average Bonchev–Trinajstić information content (AvgIpc) is 3.27. The molecular formula is C29H37F2NO4. The van der Waals surface area contributed by atoms with Crippen LogP contribution < -0.4 is 0 Å². The summed E-state index contributed by atoms with van der Waals surface area (Å²) in [5.41, 5.74) is 2.88. The Morgan fingerprint density at radius 1 is 1.22 bits per heavy atom. The van der Waals surface area contributed by atoms with E-state index in [1.807, 2.05) is 13.0 Å².